The highest BCUT2D eigenvalue weighted by Crippen LogP contribution is 2.05. The number of halogens is 1. The normalized spacial score (nSPS) is 9.92. The van der Waals surface area contributed by atoms with Crippen LogP contribution in [0.1, 0.15) is 0 Å². The Morgan fingerprint density at radius 2 is 1.92 bits per heavy atom. The highest BCUT2D eigenvalue weighted by atomic mass is 35.5. The van der Waals surface area contributed by atoms with Crippen molar-refractivity contribution < 1.29 is 0 Å². The molecule has 13 heavy (non-hydrogen) atoms. The Balaban J connectivity index is 2.15. The molecule has 0 spiro atoms. The van der Waals surface area contributed by atoms with Crippen molar-refractivity contribution in [1.29, 1.82) is 0 Å². The molecular formula is C8H7ClN4. The zero-order chi connectivity index (χ0) is 9.10. The summed E-state index contributed by atoms with van der Waals surface area (Å²) in [6.45, 7) is 0. The summed E-state index contributed by atoms with van der Waals surface area (Å²) >= 11 is 5.59. The number of aromatic nitrogens is 3. The van der Waals surface area contributed by atoms with Gasteiger partial charge in [0.2, 0.25) is 0 Å². The molecule has 1 N–H and O–H groups in total. The smallest absolute Gasteiger partial charge is 0.163 e. The summed E-state index contributed by atoms with van der Waals surface area (Å²) in [4.78, 5) is 7.91. The van der Waals surface area contributed by atoms with Gasteiger partial charge in [-0.3, -0.25) is 10.1 Å². The van der Waals surface area contributed by atoms with Crippen LogP contribution in [-0.2, 0) is 0 Å². The standard InChI is InChI=1S/C8H7ClN4/c9-7-5-11-8(6-10-7)12-13-3-1-2-4-13/h1-6H,(H,11,12). The Morgan fingerprint density at radius 3 is 2.54 bits per heavy atom. The van der Waals surface area contributed by atoms with Gasteiger partial charge in [-0.05, 0) is 12.1 Å². The van der Waals surface area contributed by atoms with E-state index in [9.17, 15) is 0 Å². The van der Waals surface area contributed by atoms with Crippen LogP contribution in [0.15, 0.2) is 36.9 Å². The molecule has 0 unspecified atom stereocenters. The Morgan fingerprint density at radius 1 is 1.15 bits per heavy atom. The van der Waals surface area contributed by atoms with E-state index >= 15 is 0 Å². The second kappa shape index (κ2) is 3.45. The first-order valence-corrected chi connectivity index (χ1v) is 4.10. The van der Waals surface area contributed by atoms with Gasteiger partial charge in [0.1, 0.15) is 5.15 Å². The summed E-state index contributed by atoms with van der Waals surface area (Å²) in [5, 5.41) is 0.387. The van der Waals surface area contributed by atoms with Crippen molar-refractivity contribution >= 4 is 17.4 Å². The van der Waals surface area contributed by atoms with Crippen molar-refractivity contribution in [2.45, 2.75) is 0 Å². The molecule has 0 bridgehead atoms. The molecule has 2 aromatic rings. The summed E-state index contributed by atoms with van der Waals surface area (Å²) in [6, 6.07) is 3.83. The summed E-state index contributed by atoms with van der Waals surface area (Å²) in [5.74, 6) is 0.653. The van der Waals surface area contributed by atoms with Crippen LogP contribution in [0.25, 0.3) is 0 Å². The molecule has 0 aliphatic heterocycles. The molecule has 2 heterocycles. The van der Waals surface area contributed by atoms with Crippen molar-refractivity contribution in [2.75, 3.05) is 5.43 Å². The van der Waals surface area contributed by atoms with Crippen LogP contribution in [0, 0.1) is 0 Å². The van der Waals surface area contributed by atoms with Gasteiger partial charge in [-0.15, -0.1) is 0 Å². The molecule has 2 aromatic heterocycles. The van der Waals surface area contributed by atoms with Crippen LogP contribution in [0.3, 0.4) is 0 Å². The number of nitrogens with zero attached hydrogens (tertiary/aromatic N) is 3. The largest absolute Gasteiger partial charge is 0.277 e. The minimum atomic E-state index is 0.387. The molecule has 0 fully saturated rings. The number of rotatable bonds is 2. The van der Waals surface area contributed by atoms with Crippen molar-refractivity contribution in [1.82, 2.24) is 14.6 Å². The van der Waals surface area contributed by atoms with Gasteiger partial charge in [0.25, 0.3) is 0 Å². The zero-order valence-corrected chi connectivity index (χ0v) is 7.44. The first-order chi connectivity index (χ1) is 6.34. The van der Waals surface area contributed by atoms with Crippen molar-refractivity contribution in [3.8, 4) is 0 Å². The third-order valence-corrected chi connectivity index (χ3v) is 1.66. The number of anilines is 1. The SMILES string of the molecule is Clc1cnc(Nn2cccc2)cn1. The van der Waals surface area contributed by atoms with E-state index in [1.165, 1.54) is 6.20 Å². The number of hydrogen-bond acceptors (Lipinski definition) is 3. The van der Waals surface area contributed by atoms with Crippen LogP contribution in [0.2, 0.25) is 5.15 Å². The second-order valence-electron chi connectivity index (χ2n) is 2.43. The predicted octanol–water partition coefficient (Wildman–Crippen LogP) is 1.81. The molecule has 0 aromatic carbocycles. The lowest BCUT2D eigenvalue weighted by Gasteiger charge is -2.04. The maximum absolute atomic E-state index is 5.59. The van der Waals surface area contributed by atoms with E-state index in [4.69, 9.17) is 11.6 Å². The van der Waals surface area contributed by atoms with E-state index in [1.54, 1.807) is 10.9 Å². The minimum absolute atomic E-state index is 0.387. The van der Waals surface area contributed by atoms with Gasteiger partial charge < -0.3 is 0 Å². The molecular weight excluding hydrogens is 188 g/mol. The lowest BCUT2D eigenvalue weighted by Crippen LogP contribution is -2.07. The van der Waals surface area contributed by atoms with Crippen LogP contribution in [0.4, 0.5) is 5.82 Å². The van der Waals surface area contributed by atoms with Gasteiger partial charge in [-0.1, -0.05) is 11.6 Å². The van der Waals surface area contributed by atoms with E-state index in [-0.39, 0.29) is 0 Å². The van der Waals surface area contributed by atoms with Gasteiger partial charge >= 0.3 is 0 Å². The van der Waals surface area contributed by atoms with Gasteiger partial charge in [-0.25, -0.2) is 9.97 Å². The fraction of sp³-hybridized carbons (Fsp3) is 0. The lowest BCUT2D eigenvalue weighted by atomic mass is 10.7. The zero-order valence-electron chi connectivity index (χ0n) is 6.68. The fourth-order valence-electron chi connectivity index (χ4n) is 0.911. The number of nitrogens with one attached hydrogen (secondary N) is 1. The van der Waals surface area contributed by atoms with Crippen molar-refractivity contribution in [3.05, 3.63) is 42.1 Å². The lowest BCUT2D eigenvalue weighted by molar-refractivity contribution is 0.946. The van der Waals surface area contributed by atoms with Gasteiger partial charge in [0, 0.05) is 12.4 Å². The average Bonchev–Trinajstić information content (AvgIpc) is 2.62. The molecule has 5 heteroatoms. The van der Waals surface area contributed by atoms with Gasteiger partial charge in [-0.2, -0.15) is 0 Å². The molecule has 4 nitrogen and oxygen atoms in total. The molecule has 0 aliphatic carbocycles. The third-order valence-electron chi connectivity index (χ3n) is 1.47. The molecule has 66 valence electrons. The van der Waals surface area contributed by atoms with Crippen LogP contribution in [-0.4, -0.2) is 14.6 Å². The molecule has 0 aliphatic rings. The third kappa shape index (κ3) is 1.97. The Labute approximate surface area is 80.2 Å². The predicted molar refractivity (Wildman–Crippen MR) is 50.5 cm³/mol. The fourth-order valence-corrected chi connectivity index (χ4v) is 1.01. The molecule has 0 atom stereocenters. The first kappa shape index (κ1) is 8.07. The van der Waals surface area contributed by atoms with Crippen LogP contribution in [0.5, 0.6) is 0 Å². The Kier molecular flexibility index (Phi) is 2.14. The number of hydrogen-bond donors (Lipinski definition) is 1. The van der Waals surface area contributed by atoms with Gasteiger partial charge in [0.05, 0.1) is 12.4 Å². The summed E-state index contributed by atoms with van der Waals surface area (Å²) < 4.78 is 1.78. The summed E-state index contributed by atoms with van der Waals surface area (Å²) in [5.41, 5.74) is 3.00. The van der Waals surface area contributed by atoms with E-state index in [1.807, 2.05) is 24.5 Å². The maximum Gasteiger partial charge on any atom is 0.163 e. The van der Waals surface area contributed by atoms with Crippen molar-refractivity contribution in [2.24, 2.45) is 0 Å². The molecule has 0 amide bonds. The minimum Gasteiger partial charge on any atom is -0.277 e. The van der Waals surface area contributed by atoms with Crippen LogP contribution < -0.4 is 5.43 Å². The summed E-state index contributed by atoms with van der Waals surface area (Å²) in [7, 11) is 0. The highest BCUT2D eigenvalue weighted by Gasteiger charge is 1.93. The van der Waals surface area contributed by atoms with Gasteiger partial charge in [0.15, 0.2) is 5.82 Å². The Bertz CT molecular complexity index is 368. The maximum atomic E-state index is 5.59. The average molecular weight is 195 g/mol. The topological polar surface area (TPSA) is 42.7 Å². The monoisotopic (exact) mass is 194 g/mol. The molecule has 2 rings (SSSR count). The van der Waals surface area contributed by atoms with E-state index in [0.717, 1.165) is 0 Å². The van der Waals surface area contributed by atoms with E-state index < -0.39 is 0 Å². The van der Waals surface area contributed by atoms with E-state index in [0.29, 0.717) is 11.0 Å². The molecule has 0 saturated heterocycles. The Hall–Kier alpha value is -1.55. The highest BCUT2D eigenvalue weighted by molar-refractivity contribution is 6.29. The summed E-state index contributed by atoms with van der Waals surface area (Å²) in [6.07, 6.45) is 6.81. The molecule has 0 saturated carbocycles. The quantitative estimate of drug-likeness (QED) is 0.793. The van der Waals surface area contributed by atoms with Crippen LogP contribution >= 0.6 is 11.6 Å². The molecule has 0 radical (unpaired) electrons. The first-order valence-electron chi connectivity index (χ1n) is 3.72. The second-order valence-corrected chi connectivity index (χ2v) is 2.81. The van der Waals surface area contributed by atoms with Crippen molar-refractivity contribution in [3.63, 3.8) is 0 Å². The van der Waals surface area contributed by atoms with E-state index in [2.05, 4.69) is 15.4 Å².